The van der Waals surface area contributed by atoms with E-state index in [-0.39, 0.29) is 24.1 Å². The maximum absolute atomic E-state index is 12.2. The number of para-hydroxylation sites is 3. The van der Waals surface area contributed by atoms with Gasteiger partial charge in [0, 0.05) is 18.7 Å². The molecule has 0 aliphatic carbocycles. The van der Waals surface area contributed by atoms with E-state index in [1.807, 2.05) is 54.6 Å². The van der Waals surface area contributed by atoms with Crippen LogP contribution in [0.15, 0.2) is 54.6 Å². The number of nitrogens with zero attached hydrogens (tertiary/aromatic N) is 1. The summed E-state index contributed by atoms with van der Waals surface area (Å²) in [4.78, 5) is 26.1. The Morgan fingerprint density at radius 3 is 2.63 bits per heavy atom. The first-order chi connectivity index (χ1) is 13.2. The Balaban J connectivity index is 1.25. The number of ether oxygens (including phenoxy) is 2. The van der Waals surface area contributed by atoms with Gasteiger partial charge in [-0.25, -0.2) is 4.79 Å². The van der Waals surface area contributed by atoms with Gasteiger partial charge in [0.25, 0.3) is 0 Å². The largest absolute Gasteiger partial charge is 0.486 e. The molecule has 0 saturated carbocycles. The molecular weight excluding hydrogens is 346 g/mol. The summed E-state index contributed by atoms with van der Waals surface area (Å²) in [7, 11) is 0. The molecule has 2 aliphatic rings. The van der Waals surface area contributed by atoms with Crippen LogP contribution in [-0.4, -0.2) is 43.8 Å². The van der Waals surface area contributed by atoms with Crippen molar-refractivity contribution < 1.29 is 19.1 Å². The number of amides is 3. The SMILES string of the molecule is O=C(NC[C@@H]1COc2ccccc2O1)N[C@@H]1CC(=O)N(c2ccccc2)C1. The van der Waals surface area contributed by atoms with Crippen LogP contribution in [0.2, 0.25) is 0 Å². The van der Waals surface area contributed by atoms with Crippen LogP contribution < -0.4 is 25.0 Å². The molecule has 2 aliphatic heterocycles. The summed E-state index contributed by atoms with van der Waals surface area (Å²) in [6.45, 7) is 1.16. The van der Waals surface area contributed by atoms with E-state index in [1.54, 1.807) is 4.90 Å². The molecule has 3 amide bonds. The molecule has 0 unspecified atom stereocenters. The highest BCUT2D eigenvalue weighted by Gasteiger charge is 2.31. The molecule has 0 aromatic heterocycles. The molecule has 1 saturated heterocycles. The topological polar surface area (TPSA) is 79.9 Å². The number of urea groups is 1. The van der Waals surface area contributed by atoms with Gasteiger partial charge in [0.1, 0.15) is 6.61 Å². The number of carbonyl (C=O) groups is 2. The number of fused-ring (bicyclic) bond motifs is 1. The number of hydrogen-bond donors (Lipinski definition) is 2. The van der Waals surface area contributed by atoms with E-state index in [0.717, 1.165) is 5.69 Å². The van der Waals surface area contributed by atoms with E-state index >= 15 is 0 Å². The van der Waals surface area contributed by atoms with Crippen molar-refractivity contribution >= 4 is 17.6 Å². The van der Waals surface area contributed by atoms with Crippen LogP contribution in [0.4, 0.5) is 10.5 Å². The van der Waals surface area contributed by atoms with Gasteiger partial charge in [0.05, 0.1) is 12.6 Å². The number of carbonyl (C=O) groups excluding carboxylic acids is 2. The van der Waals surface area contributed by atoms with E-state index in [2.05, 4.69) is 10.6 Å². The molecule has 0 bridgehead atoms. The molecule has 7 heteroatoms. The minimum Gasteiger partial charge on any atom is -0.486 e. The summed E-state index contributed by atoms with van der Waals surface area (Å²) in [6.07, 6.45) is 0.0373. The molecule has 27 heavy (non-hydrogen) atoms. The minimum absolute atomic E-state index is 0.00659. The Labute approximate surface area is 157 Å². The van der Waals surface area contributed by atoms with Gasteiger partial charge < -0.3 is 25.0 Å². The van der Waals surface area contributed by atoms with Crippen molar-refractivity contribution in [2.45, 2.75) is 18.6 Å². The highest BCUT2D eigenvalue weighted by atomic mass is 16.6. The summed E-state index contributed by atoms with van der Waals surface area (Å²) in [6, 6.07) is 16.4. The van der Waals surface area contributed by atoms with Gasteiger partial charge in [-0.3, -0.25) is 4.79 Å². The summed E-state index contributed by atoms with van der Waals surface area (Å²) < 4.78 is 11.4. The first-order valence-electron chi connectivity index (χ1n) is 8.97. The third kappa shape index (κ3) is 3.97. The third-order valence-electron chi connectivity index (χ3n) is 4.59. The molecule has 2 N–H and O–H groups in total. The zero-order chi connectivity index (χ0) is 18.6. The van der Waals surface area contributed by atoms with E-state index in [0.29, 0.717) is 37.6 Å². The molecule has 2 aromatic carbocycles. The molecule has 7 nitrogen and oxygen atoms in total. The van der Waals surface area contributed by atoms with Crippen molar-refractivity contribution in [2.24, 2.45) is 0 Å². The maximum atomic E-state index is 12.2. The van der Waals surface area contributed by atoms with Gasteiger partial charge >= 0.3 is 6.03 Å². The second-order valence-electron chi connectivity index (χ2n) is 6.59. The first kappa shape index (κ1) is 17.2. The highest BCUT2D eigenvalue weighted by Crippen LogP contribution is 2.30. The molecule has 2 heterocycles. The Morgan fingerprint density at radius 2 is 1.81 bits per heavy atom. The van der Waals surface area contributed by atoms with Crippen molar-refractivity contribution in [1.29, 1.82) is 0 Å². The normalized spacial score (nSPS) is 21.0. The fourth-order valence-corrected chi connectivity index (χ4v) is 3.27. The first-order valence-corrected chi connectivity index (χ1v) is 8.97. The van der Waals surface area contributed by atoms with E-state index < -0.39 is 0 Å². The molecule has 0 radical (unpaired) electrons. The van der Waals surface area contributed by atoms with Gasteiger partial charge in [-0.05, 0) is 24.3 Å². The van der Waals surface area contributed by atoms with E-state index in [9.17, 15) is 9.59 Å². The third-order valence-corrected chi connectivity index (χ3v) is 4.59. The summed E-state index contributed by atoms with van der Waals surface area (Å²) in [5.74, 6) is 1.40. The van der Waals surface area contributed by atoms with E-state index in [1.165, 1.54) is 0 Å². The van der Waals surface area contributed by atoms with Crippen LogP contribution in [0.25, 0.3) is 0 Å². The van der Waals surface area contributed by atoms with Crippen molar-refractivity contribution in [1.82, 2.24) is 10.6 Å². The van der Waals surface area contributed by atoms with Crippen LogP contribution in [0, 0.1) is 0 Å². The quantitative estimate of drug-likeness (QED) is 0.865. The lowest BCUT2D eigenvalue weighted by Crippen LogP contribution is -2.47. The molecule has 0 spiro atoms. The fraction of sp³-hybridized carbons (Fsp3) is 0.300. The molecule has 2 aromatic rings. The average Bonchev–Trinajstić information content (AvgIpc) is 3.07. The zero-order valence-electron chi connectivity index (χ0n) is 14.8. The van der Waals surface area contributed by atoms with Crippen LogP contribution in [-0.2, 0) is 4.79 Å². The Morgan fingerprint density at radius 1 is 1.07 bits per heavy atom. The van der Waals surface area contributed by atoms with E-state index in [4.69, 9.17) is 9.47 Å². The zero-order valence-corrected chi connectivity index (χ0v) is 14.8. The fourth-order valence-electron chi connectivity index (χ4n) is 3.27. The van der Waals surface area contributed by atoms with Crippen LogP contribution >= 0.6 is 0 Å². The molecule has 140 valence electrons. The van der Waals surface area contributed by atoms with Gasteiger partial charge in [-0.1, -0.05) is 30.3 Å². The molecule has 1 fully saturated rings. The van der Waals surface area contributed by atoms with Crippen molar-refractivity contribution in [3.05, 3.63) is 54.6 Å². The second kappa shape index (κ2) is 7.57. The molecule has 2 atom stereocenters. The van der Waals surface area contributed by atoms with Crippen molar-refractivity contribution in [3.63, 3.8) is 0 Å². The van der Waals surface area contributed by atoms with Crippen LogP contribution in [0.1, 0.15) is 6.42 Å². The monoisotopic (exact) mass is 367 g/mol. The highest BCUT2D eigenvalue weighted by molar-refractivity contribution is 5.96. The lowest BCUT2D eigenvalue weighted by atomic mass is 10.2. The summed E-state index contributed by atoms with van der Waals surface area (Å²) in [5, 5.41) is 5.65. The number of hydrogen-bond acceptors (Lipinski definition) is 4. The molecule has 4 rings (SSSR count). The minimum atomic E-state index is -0.315. The van der Waals surface area contributed by atoms with Gasteiger partial charge in [-0.2, -0.15) is 0 Å². The standard InChI is InChI=1S/C20H21N3O4/c24-19-10-14(12-23(19)15-6-2-1-3-7-15)22-20(25)21-11-16-13-26-17-8-4-5-9-18(17)27-16/h1-9,14,16H,10-13H2,(H2,21,22,25)/t14-,16-/m1/s1. The van der Waals surface area contributed by atoms with Crippen molar-refractivity contribution in [3.8, 4) is 11.5 Å². The van der Waals surface area contributed by atoms with Gasteiger partial charge in [-0.15, -0.1) is 0 Å². The number of rotatable bonds is 4. The number of anilines is 1. The predicted molar refractivity (Wildman–Crippen MR) is 100 cm³/mol. The van der Waals surface area contributed by atoms with Gasteiger partial charge in [0.2, 0.25) is 5.91 Å². The molecular formula is C20H21N3O4. The van der Waals surface area contributed by atoms with Crippen LogP contribution in [0.5, 0.6) is 11.5 Å². The Hall–Kier alpha value is -3.22. The number of benzene rings is 2. The second-order valence-corrected chi connectivity index (χ2v) is 6.59. The predicted octanol–water partition coefficient (Wildman–Crippen LogP) is 1.93. The average molecular weight is 367 g/mol. The van der Waals surface area contributed by atoms with Crippen LogP contribution in [0.3, 0.4) is 0 Å². The van der Waals surface area contributed by atoms with Gasteiger partial charge in [0.15, 0.2) is 17.6 Å². The lowest BCUT2D eigenvalue weighted by Gasteiger charge is -2.26. The smallest absolute Gasteiger partial charge is 0.315 e. The Bertz CT molecular complexity index is 827. The Kier molecular flexibility index (Phi) is 4.82. The maximum Gasteiger partial charge on any atom is 0.315 e. The summed E-state index contributed by atoms with van der Waals surface area (Å²) >= 11 is 0. The summed E-state index contributed by atoms with van der Waals surface area (Å²) in [5.41, 5.74) is 0.846. The van der Waals surface area contributed by atoms with Crippen molar-refractivity contribution in [2.75, 3.05) is 24.6 Å². The number of nitrogens with one attached hydrogen (secondary N) is 2. The lowest BCUT2D eigenvalue weighted by molar-refractivity contribution is -0.117.